The number of carbonyl (C=O) groups is 1. The Bertz CT molecular complexity index is 1080. The van der Waals surface area contributed by atoms with Gasteiger partial charge in [-0.25, -0.2) is 0 Å². The minimum Gasteiger partial charge on any atom is -0.497 e. The van der Waals surface area contributed by atoms with Crippen molar-refractivity contribution in [3.8, 4) is 11.5 Å². The predicted molar refractivity (Wildman–Crippen MR) is 110 cm³/mol. The van der Waals surface area contributed by atoms with Gasteiger partial charge in [0.25, 0.3) is 0 Å². The van der Waals surface area contributed by atoms with Crippen LogP contribution in [0.3, 0.4) is 0 Å². The molecule has 0 fully saturated rings. The molecule has 0 bridgehead atoms. The first-order valence-corrected chi connectivity index (χ1v) is 10.8. The molecule has 2 aromatic carbocycles. The fourth-order valence-corrected chi connectivity index (χ4v) is 2.94. The van der Waals surface area contributed by atoms with Crippen LogP contribution in [0, 0.1) is 5.41 Å². The average Bonchev–Trinajstić information content (AvgIpc) is 2.73. The molecule has 0 atom stereocenters. The van der Waals surface area contributed by atoms with E-state index >= 15 is 0 Å². The van der Waals surface area contributed by atoms with Crippen molar-refractivity contribution in [3.05, 3.63) is 54.1 Å². The SMILES string of the molecule is CCC(C)(C)C(=O)Oc1ccc(S(=O)(=O)ON=C(c2ccc(OC)cc2)C(F)(F)F)cc1. The molecule has 0 aliphatic carbocycles. The quantitative estimate of drug-likeness (QED) is 0.239. The molecule has 0 aromatic heterocycles. The zero-order chi connectivity index (χ0) is 24.2. The van der Waals surface area contributed by atoms with Gasteiger partial charge < -0.3 is 9.47 Å². The molecule has 0 aliphatic rings. The van der Waals surface area contributed by atoms with Crippen LogP contribution in [0.25, 0.3) is 0 Å². The molecule has 0 N–H and O–H groups in total. The maximum atomic E-state index is 13.4. The van der Waals surface area contributed by atoms with Crippen molar-refractivity contribution in [2.45, 2.75) is 38.3 Å². The third kappa shape index (κ3) is 6.22. The molecule has 0 heterocycles. The molecule has 0 amide bonds. The van der Waals surface area contributed by atoms with E-state index in [1.54, 1.807) is 13.8 Å². The van der Waals surface area contributed by atoms with E-state index in [1.807, 2.05) is 6.92 Å². The highest BCUT2D eigenvalue weighted by atomic mass is 32.2. The van der Waals surface area contributed by atoms with E-state index in [2.05, 4.69) is 9.44 Å². The highest BCUT2D eigenvalue weighted by Gasteiger charge is 2.38. The summed E-state index contributed by atoms with van der Waals surface area (Å²) in [5.41, 5.74) is -2.68. The summed E-state index contributed by atoms with van der Waals surface area (Å²) in [5.74, 6) is -0.120. The monoisotopic (exact) mass is 473 g/mol. The van der Waals surface area contributed by atoms with Crippen molar-refractivity contribution in [1.82, 2.24) is 0 Å². The Hall–Kier alpha value is -3.08. The lowest BCUT2D eigenvalue weighted by atomic mass is 9.91. The fraction of sp³-hybridized carbons (Fsp3) is 0.333. The molecule has 2 rings (SSSR count). The number of halogens is 3. The Morgan fingerprint density at radius 3 is 1.97 bits per heavy atom. The van der Waals surface area contributed by atoms with Gasteiger partial charge >= 0.3 is 22.3 Å². The number of methoxy groups -OCH3 is 1. The van der Waals surface area contributed by atoms with Gasteiger partial charge in [-0.1, -0.05) is 12.1 Å². The number of esters is 1. The lowest BCUT2D eigenvalue weighted by molar-refractivity contribution is -0.144. The van der Waals surface area contributed by atoms with Gasteiger partial charge in [0.15, 0.2) is 5.71 Å². The Balaban J connectivity index is 2.24. The first-order valence-electron chi connectivity index (χ1n) is 9.36. The number of benzene rings is 2. The van der Waals surface area contributed by atoms with Crippen LogP contribution in [0.15, 0.2) is 58.6 Å². The molecule has 0 unspecified atom stereocenters. The van der Waals surface area contributed by atoms with Crippen LogP contribution in [-0.2, 0) is 19.2 Å². The zero-order valence-corrected chi connectivity index (χ0v) is 18.6. The number of alkyl halides is 3. The summed E-state index contributed by atoms with van der Waals surface area (Å²) in [6.45, 7) is 5.21. The highest BCUT2D eigenvalue weighted by molar-refractivity contribution is 7.86. The van der Waals surface area contributed by atoms with Gasteiger partial charge in [0.1, 0.15) is 16.4 Å². The second-order valence-corrected chi connectivity index (χ2v) is 8.82. The summed E-state index contributed by atoms with van der Waals surface area (Å²) in [5, 5.41) is 2.86. The average molecular weight is 473 g/mol. The molecule has 0 spiro atoms. The van der Waals surface area contributed by atoms with Gasteiger partial charge in [-0.3, -0.25) is 9.08 Å². The van der Waals surface area contributed by atoms with E-state index in [0.717, 1.165) is 24.3 Å². The standard InChI is InChI=1S/C21H22F3NO6S/c1-5-20(2,3)19(26)30-16-10-12-17(13-11-16)32(27,28)31-25-18(21(22,23)24)14-6-8-15(29-4)9-7-14/h6-13H,5H2,1-4H3. The molecule has 11 heteroatoms. The maximum Gasteiger partial charge on any atom is 0.437 e. The van der Waals surface area contributed by atoms with E-state index in [4.69, 9.17) is 9.47 Å². The van der Waals surface area contributed by atoms with Gasteiger partial charge in [-0.2, -0.15) is 21.6 Å². The molecule has 174 valence electrons. The van der Waals surface area contributed by atoms with E-state index < -0.39 is 43.8 Å². The number of hydrogen-bond acceptors (Lipinski definition) is 7. The Morgan fingerprint density at radius 1 is 0.969 bits per heavy atom. The van der Waals surface area contributed by atoms with E-state index in [9.17, 15) is 26.4 Å². The summed E-state index contributed by atoms with van der Waals surface area (Å²) in [4.78, 5) is 11.6. The molecule has 0 radical (unpaired) electrons. The summed E-state index contributed by atoms with van der Waals surface area (Å²) >= 11 is 0. The van der Waals surface area contributed by atoms with Crippen molar-refractivity contribution in [1.29, 1.82) is 0 Å². The second kappa shape index (κ2) is 9.60. The molecular formula is C21H22F3NO6S. The van der Waals surface area contributed by atoms with Crippen LogP contribution >= 0.6 is 0 Å². The first kappa shape index (κ1) is 25.2. The Labute approximate surface area is 183 Å². The molecule has 2 aromatic rings. The van der Waals surface area contributed by atoms with Crippen molar-refractivity contribution in [3.63, 3.8) is 0 Å². The van der Waals surface area contributed by atoms with Gasteiger partial charge in [0, 0.05) is 5.56 Å². The highest BCUT2D eigenvalue weighted by Crippen LogP contribution is 2.27. The number of nitrogens with zero attached hydrogens (tertiary/aromatic N) is 1. The molecule has 0 saturated carbocycles. The van der Waals surface area contributed by atoms with Crippen LogP contribution < -0.4 is 9.47 Å². The molecule has 7 nitrogen and oxygen atoms in total. The van der Waals surface area contributed by atoms with E-state index in [-0.39, 0.29) is 5.75 Å². The van der Waals surface area contributed by atoms with Gasteiger partial charge in [-0.05, 0) is 68.8 Å². The molecule has 0 saturated heterocycles. The summed E-state index contributed by atoms with van der Waals surface area (Å²) < 4.78 is 79.2. The van der Waals surface area contributed by atoms with Gasteiger partial charge in [0.05, 0.1) is 12.5 Å². The minimum atomic E-state index is -4.98. The number of carbonyl (C=O) groups excluding carboxylic acids is 1. The third-order valence-electron chi connectivity index (χ3n) is 4.62. The lowest BCUT2D eigenvalue weighted by Crippen LogP contribution is -2.28. The minimum absolute atomic E-state index is 0.0770. The zero-order valence-electron chi connectivity index (χ0n) is 17.8. The number of ether oxygens (including phenoxy) is 2. The normalized spacial score (nSPS) is 12.9. The topological polar surface area (TPSA) is 91.3 Å². The number of oxime groups is 1. The fourth-order valence-electron chi connectivity index (χ4n) is 2.21. The lowest BCUT2D eigenvalue weighted by Gasteiger charge is -2.20. The van der Waals surface area contributed by atoms with Crippen LogP contribution in [0.2, 0.25) is 0 Å². The van der Waals surface area contributed by atoms with Gasteiger partial charge in [-0.15, -0.1) is 0 Å². The van der Waals surface area contributed by atoms with Crippen LogP contribution in [0.5, 0.6) is 11.5 Å². The van der Waals surface area contributed by atoms with E-state index in [1.165, 1.54) is 31.4 Å². The second-order valence-electron chi connectivity index (χ2n) is 7.29. The summed E-state index contributed by atoms with van der Waals surface area (Å²) in [6.07, 6.45) is -4.45. The first-order chi connectivity index (χ1) is 14.8. The van der Waals surface area contributed by atoms with Crippen molar-refractivity contribution in [2.75, 3.05) is 7.11 Å². The summed E-state index contributed by atoms with van der Waals surface area (Å²) in [7, 11) is -3.32. The number of hydrogen-bond donors (Lipinski definition) is 0. The van der Waals surface area contributed by atoms with Crippen molar-refractivity contribution < 1.29 is 40.1 Å². The maximum absolute atomic E-state index is 13.4. The largest absolute Gasteiger partial charge is 0.497 e. The van der Waals surface area contributed by atoms with E-state index in [0.29, 0.717) is 12.2 Å². The molecule has 32 heavy (non-hydrogen) atoms. The Kier molecular flexibility index (Phi) is 7.55. The smallest absolute Gasteiger partial charge is 0.437 e. The molecular weight excluding hydrogens is 451 g/mol. The van der Waals surface area contributed by atoms with Crippen LogP contribution in [0.4, 0.5) is 13.2 Å². The predicted octanol–water partition coefficient (Wildman–Crippen LogP) is 4.71. The third-order valence-corrected chi connectivity index (χ3v) is 5.74. The number of rotatable bonds is 8. The van der Waals surface area contributed by atoms with Crippen molar-refractivity contribution >= 4 is 21.8 Å². The van der Waals surface area contributed by atoms with Crippen LogP contribution in [0.1, 0.15) is 32.8 Å². The van der Waals surface area contributed by atoms with Gasteiger partial charge in [0.2, 0.25) is 0 Å². The molecule has 0 aliphatic heterocycles. The van der Waals surface area contributed by atoms with Crippen molar-refractivity contribution in [2.24, 2.45) is 10.6 Å². The van der Waals surface area contributed by atoms with Crippen LogP contribution in [-0.4, -0.2) is 33.4 Å². The Morgan fingerprint density at radius 2 is 1.50 bits per heavy atom. The summed E-state index contributed by atoms with van der Waals surface area (Å²) in [6, 6.07) is 9.13.